The average molecular weight is 468 g/mol. The summed E-state index contributed by atoms with van der Waals surface area (Å²) < 4.78 is 5.12. The van der Waals surface area contributed by atoms with Gasteiger partial charge in [-0.25, -0.2) is 0 Å². The van der Waals surface area contributed by atoms with Crippen molar-refractivity contribution in [2.75, 3.05) is 35.7 Å². The summed E-state index contributed by atoms with van der Waals surface area (Å²) in [6, 6.07) is 12.1. The quantitative estimate of drug-likeness (QED) is 0.510. The topological polar surface area (TPSA) is 87.7 Å². The van der Waals surface area contributed by atoms with Crippen LogP contribution in [0.4, 0.5) is 17.1 Å². The Kier molecular flexibility index (Phi) is 6.70. The zero-order chi connectivity index (χ0) is 23.5. The van der Waals surface area contributed by atoms with Crippen LogP contribution in [0.5, 0.6) is 5.75 Å². The molecule has 1 heterocycles. The molecule has 0 aromatic heterocycles. The minimum Gasteiger partial charge on any atom is -0.495 e. The number of nitrogens with zero attached hydrogens (tertiary/aromatic N) is 1. The monoisotopic (exact) mass is 467 g/mol. The van der Waals surface area contributed by atoms with Crippen molar-refractivity contribution in [3.8, 4) is 5.75 Å². The summed E-state index contributed by atoms with van der Waals surface area (Å²) in [5.41, 5.74) is 1.99. The highest BCUT2D eigenvalue weighted by atomic mass is 35.5. The Morgan fingerprint density at radius 3 is 2.42 bits per heavy atom. The number of ether oxygens (including phenoxy) is 1. The fraction of sp³-hybridized carbons (Fsp3) is 0.320. The van der Waals surface area contributed by atoms with Crippen LogP contribution in [-0.4, -0.2) is 26.1 Å². The first kappa shape index (κ1) is 22.9. The number of amides is 1. The number of piperidine rings is 1. The van der Waals surface area contributed by atoms with E-state index in [1.54, 1.807) is 30.3 Å². The molecule has 0 radical (unpaired) electrons. The number of rotatable bonds is 7. The van der Waals surface area contributed by atoms with Crippen molar-refractivity contribution in [1.82, 2.24) is 0 Å². The Morgan fingerprint density at radius 1 is 1.09 bits per heavy atom. The fourth-order valence-corrected chi connectivity index (χ4v) is 4.25. The number of benzene rings is 2. The molecule has 0 bridgehead atoms. The van der Waals surface area contributed by atoms with Gasteiger partial charge in [-0.1, -0.05) is 30.7 Å². The van der Waals surface area contributed by atoms with Crippen LogP contribution in [0.25, 0.3) is 0 Å². The van der Waals surface area contributed by atoms with Crippen LogP contribution >= 0.6 is 11.6 Å². The predicted octanol–water partition coefficient (Wildman–Crippen LogP) is 4.05. The van der Waals surface area contributed by atoms with E-state index in [1.807, 2.05) is 17.0 Å². The van der Waals surface area contributed by atoms with Gasteiger partial charge in [0.2, 0.25) is 0 Å². The molecule has 0 atom stereocenters. The third-order valence-corrected chi connectivity index (χ3v) is 6.38. The molecule has 0 spiro atoms. The number of halogens is 1. The lowest BCUT2D eigenvalue weighted by atomic mass is 9.98. The van der Waals surface area contributed by atoms with Crippen molar-refractivity contribution in [2.45, 2.75) is 26.3 Å². The summed E-state index contributed by atoms with van der Waals surface area (Å²) in [5.74, 6) is 0.910. The molecule has 33 heavy (non-hydrogen) atoms. The normalized spacial score (nSPS) is 14.3. The van der Waals surface area contributed by atoms with E-state index in [4.69, 9.17) is 16.3 Å². The molecule has 1 fully saturated rings. The highest BCUT2D eigenvalue weighted by molar-refractivity contribution is 6.32. The minimum atomic E-state index is -0.460. The summed E-state index contributed by atoms with van der Waals surface area (Å²) in [7, 11) is 1.53. The summed E-state index contributed by atoms with van der Waals surface area (Å²) in [6.45, 7) is 4.18. The molecule has 0 aliphatic carbocycles. The first-order valence-corrected chi connectivity index (χ1v) is 11.3. The fourth-order valence-electron chi connectivity index (χ4n) is 3.99. The second kappa shape index (κ2) is 9.67. The molecule has 8 heteroatoms. The van der Waals surface area contributed by atoms with Crippen molar-refractivity contribution < 1.29 is 9.53 Å². The molecular weight excluding hydrogens is 442 g/mol. The van der Waals surface area contributed by atoms with E-state index in [0.29, 0.717) is 45.9 Å². The molecular formula is C25H26ClN3O4. The molecule has 3 aromatic rings. The Balaban J connectivity index is 1.37. The maximum atomic E-state index is 12.5. The van der Waals surface area contributed by atoms with Crippen molar-refractivity contribution in [3.05, 3.63) is 79.1 Å². The SMILES string of the molecule is COc1ccc(NC(=O)c2ccc(CNc3c(N4CCC(C)CC4)c(=O)c3=O)cc2)cc1Cl. The molecule has 1 amide bonds. The van der Waals surface area contributed by atoms with Gasteiger partial charge in [0.15, 0.2) is 0 Å². The summed E-state index contributed by atoms with van der Waals surface area (Å²) in [4.78, 5) is 38.8. The van der Waals surface area contributed by atoms with Crippen LogP contribution in [0.15, 0.2) is 52.1 Å². The zero-order valence-electron chi connectivity index (χ0n) is 18.6. The van der Waals surface area contributed by atoms with Crippen molar-refractivity contribution in [2.24, 2.45) is 5.92 Å². The van der Waals surface area contributed by atoms with Gasteiger partial charge in [-0.3, -0.25) is 14.4 Å². The second-order valence-corrected chi connectivity index (χ2v) is 8.81. The van der Waals surface area contributed by atoms with Crippen LogP contribution in [0.2, 0.25) is 5.02 Å². The first-order valence-electron chi connectivity index (χ1n) is 10.9. The predicted molar refractivity (Wildman–Crippen MR) is 132 cm³/mol. The van der Waals surface area contributed by atoms with E-state index in [2.05, 4.69) is 17.6 Å². The number of carbonyl (C=O) groups excluding carboxylic acids is 1. The lowest BCUT2D eigenvalue weighted by Gasteiger charge is -2.33. The number of hydrogen-bond acceptors (Lipinski definition) is 6. The first-order chi connectivity index (χ1) is 15.9. The molecule has 0 saturated carbocycles. The Hall–Kier alpha value is -3.32. The van der Waals surface area contributed by atoms with Crippen LogP contribution in [-0.2, 0) is 6.54 Å². The van der Waals surface area contributed by atoms with Gasteiger partial charge in [-0.2, -0.15) is 0 Å². The van der Waals surface area contributed by atoms with Gasteiger partial charge in [0.25, 0.3) is 16.8 Å². The number of hydrogen-bond donors (Lipinski definition) is 2. The van der Waals surface area contributed by atoms with Crippen molar-refractivity contribution in [1.29, 1.82) is 0 Å². The third kappa shape index (κ3) is 4.88. The molecule has 1 aliphatic rings. The Labute approximate surface area is 197 Å². The van der Waals surface area contributed by atoms with Gasteiger partial charge in [-0.05, 0) is 54.7 Å². The Morgan fingerprint density at radius 2 is 1.79 bits per heavy atom. The van der Waals surface area contributed by atoms with Crippen molar-refractivity contribution >= 4 is 34.6 Å². The highest BCUT2D eigenvalue weighted by Crippen LogP contribution is 2.28. The lowest BCUT2D eigenvalue weighted by Crippen LogP contribution is -2.45. The Bertz CT molecular complexity index is 1220. The summed E-state index contributed by atoms with van der Waals surface area (Å²) >= 11 is 6.11. The highest BCUT2D eigenvalue weighted by Gasteiger charge is 2.28. The van der Waals surface area contributed by atoms with Crippen LogP contribution in [0.3, 0.4) is 0 Å². The molecule has 0 unspecified atom stereocenters. The maximum Gasteiger partial charge on any atom is 0.255 e. The third-order valence-electron chi connectivity index (χ3n) is 6.08. The molecule has 7 nitrogen and oxygen atoms in total. The van der Waals surface area contributed by atoms with Gasteiger partial charge < -0.3 is 20.3 Å². The van der Waals surface area contributed by atoms with E-state index < -0.39 is 10.9 Å². The van der Waals surface area contributed by atoms with Crippen LogP contribution < -0.4 is 31.1 Å². The van der Waals surface area contributed by atoms with Gasteiger partial charge in [0, 0.05) is 30.9 Å². The average Bonchev–Trinajstić information content (AvgIpc) is 2.82. The maximum absolute atomic E-state index is 12.5. The van der Waals surface area contributed by atoms with Gasteiger partial charge in [0.1, 0.15) is 17.1 Å². The summed E-state index contributed by atoms with van der Waals surface area (Å²) in [6.07, 6.45) is 2.04. The number of anilines is 3. The smallest absolute Gasteiger partial charge is 0.255 e. The standard InChI is InChI=1S/C25H26ClN3O4/c1-15-9-11-29(12-10-15)22-21(23(30)24(22)31)27-14-16-3-5-17(6-4-16)25(32)28-18-7-8-20(33-2)19(26)13-18/h3-8,13,15,27H,9-12,14H2,1-2H3,(H,28,32). The largest absolute Gasteiger partial charge is 0.495 e. The molecule has 3 aromatic carbocycles. The van der Waals surface area contributed by atoms with Crippen LogP contribution in [0, 0.1) is 5.92 Å². The summed E-state index contributed by atoms with van der Waals surface area (Å²) in [5, 5.41) is 6.34. The minimum absolute atomic E-state index is 0.264. The number of methoxy groups -OCH3 is 1. The molecule has 1 saturated heterocycles. The van der Waals surface area contributed by atoms with Crippen LogP contribution in [0.1, 0.15) is 35.7 Å². The zero-order valence-corrected chi connectivity index (χ0v) is 19.4. The van der Waals surface area contributed by atoms with E-state index in [9.17, 15) is 14.4 Å². The number of carbonyl (C=O) groups is 1. The molecule has 1 aliphatic heterocycles. The van der Waals surface area contributed by atoms with E-state index in [1.165, 1.54) is 7.11 Å². The lowest BCUT2D eigenvalue weighted by molar-refractivity contribution is 0.102. The number of nitrogens with one attached hydrogen (secondary N) is 2. The second-order valence-electron chi connectivity index (χ2n) is 8.41. The van der Waals surface area contributed by atoms with E-state index in [0.717, 1.165) is 31.5 Å². The molecule has 2 N–H and O–H groups in total. The van der Waals surface area contributed by atoms with E-state index in [-0.39, 0.29) is 5.91 Å². The van der Waals surface area contributed by atoms with Crippen molar-refractivity contribution in [3.63, 3.8) is 0 Å². The molecule has 172 valence electrons. The molecule has 4 rings (SSSR count). The van der Waals surface area contributed by atoms with Gasteiger partial charge in [0.05, 0.1) is 12.1 Å². The van der Waals surface area contributed by atoms with Gasteiger partial charge >= 0.3 is 0 Å². The van der Waals surface area contributed by atoms with Gasteiger partial charge in [-0.15, -0.1) is 0 Å². The van der Waals surface area contributed by atoms with E-state index >= 15 is 0 Å².